The molecule has 0 spiro atoms. The van der Waals surface area contributed by atoms with Crippen LogP contribution in [0.1, 0.15) is 85.5 Å². The highest BCUT2D eigenvalue weighted by atomic mass is 19.3. The summed E-state index contributed by atoms with van der Waals surface area (Å²) in [6, 6.07) is 11.1. The third-order valence-electron chi connectivity index (χ3n) is 7.04. The van der Waals surface area contributed by atoms with Gasteiger partial charge in [0.05, 0.1) is 6.54 Å². The zero-order valence-corrected chi connectivity index (χ0v) is 21.5. The van der Waals surface area contributed by atoms with Crippen LogP contribution >= 0.6 is 0 Å². The zero-order valence-electron chi connectivity index (χ0n) is 21.5. The van der Waals surface area contributed by atoms with Crippen molar-refractivity contribution in [3.63, 3.8) is 0 Å². The number of anilines is 1. The van der Waals surface area contributed by atoms with Gasteiger partial charge in [0.15, 0.2) is 0 Å². The van der Waals surface area contributed by atoms with Crippen molar-refractivity contribution in [1.82, 2.24) is 5.32 Å². The fraction of sp³-hybridized carbons (Fsp3) is 0.483. The van der Waals surface area contributed by atoms with Crippen LogP contribution in [-0.4, -0.2) is 24.4 Å². The number of halogens is 2. The van der Waals surface area contributed by atoms with Gasteiger partial charge < -0.3 is 10.2 Å². The van der Waals surface area contributed by atoms with Crippen LogP contribution in [0.4, 0.5) is 14.5 Å². The molecule has 2 aliphatic rings. The number of hydrogen-bond acceptors (Lipinski definition) is 4. The number of fused-ring (bicyclic) bond motifs is 1. The maximum Gasteiger partial charge on any atom is 0.270 e. The van der Waals surface area contributed by atoms with Crippen LogP contribution in [0.15, 0.2) is 46.6 Å². The van der Waals surface area contributed by atoms with E-state index in [4.69, 9.17) is 0 Å². The summed E-state index contributed by atoms with van der Waals surface area (Å²) in [6.45, 7) is 6.34. The van der Waals surface area contributed by atoms with Gasteiger partial charge in [-0.25, -0.2) is 8.78 Å². The van der Waals surface area contributed by atoms with Gasteiger partial charge in [0, 0.05) is 48.6 Å². The standard InChI is InChI=1S/C29H36F2N4O/c1-4-8-23(34-33-5-2)13-21-11-7-12-24(14-21)35-19-26-25(28(35)36)15-22(16-27(26)29(3,30)31)18-32-17-20-9-6-10-20/h5,7,11-12,14-16,20,32H,4,6,8-10,13,17-19H2,1-3H3/b33-5-,34-23+. The normalized spacial score (nSPS) is 16.6. The number of benzene rings is 2. The van der Waals surface area contributed by atoms with Crippen molar-refractivity contribution in [3.8, 4) is 0 Å². The van der Waals surface area contributed by atoms with Crippen molar-refractivity contribution in [2.75, 3.05) is 11.4 Å². The Kier molecular flexibility index (Phi) is 8.29. The van der Waals surface area contributed by atoms with E-state index in [1.807, 2.05) is 31.2 Å². The number of carbonyl (C=O) groups is 1. The Morgan fingerprint density at radius 3 is 2.69 bits per heavy atom. The van der Waals surface area contributed by atoms with Crippen LogP contribution in [0.3, 0.4) is 0 Å². The lowest BCUT2D eigenvalue weighted by atomic mass is 9.85. The molecule has 1 heterocycles. The van der Waals surface area contributed by atoms with E-state index in [0.717, 1.165) is 43.1 Å². The van der Waals surface area contributed by atoms with Crippen LogP contribution in [0.25, 0.3) is 0 Å². The van der Waals surface area contributed by atoms with Gasteiger partial charge in [-0.05, 0) is 79.6 Å². The van der Waals surface area contributed by atoms with Gasteiger partial charge in [0.1, 0.15) is 0 Å². The molecular weight excluding hydrogens is 458 g/mol. The lowest BCUT2D eigenvalue weighted by Crippen LogP contribution is -2.27. The van der Waals surface area contributed by atoms with E-state index >= 15 is 0 Å². The van der Waals surface area contributed by atoms with E-state index in [9.17, 15) is 13.6 Å². The fourth-order valence-corrected chi connectivity index (χ4v) is 4.96. The molecule has 192 valence electrons. The first-order chi connectivity index (χ1) is 17.3. The molecule has 0 saturated heterocycles. The molecule has 1 aliphatic carbocycles. The van der Waals surface area contributed by atoms with E-state index in [1.54, 1.807) is 23.2 Å². The van der Waals surface area contributed by atoms with E-state index in [2.05, 4.69) is 22.4 Å². The maximum atomic E-state index is 14.7. The minimum Gasteiger partial charge on any atom is -0.312 e. The molecule has 0 unspecified atom stereocenters. The van der Waals surface area contributed by atoms with Crippen molar-refractivity contribution in [2.24, 2.45) is 16.1 Å². The quantitative estimate of drug-likeness (QED) is 0.281. The lowest BCUT2D eigenvalue weighted by molar-refractivity contribution is 0.0165. The minimum absolute atomic E-state index is 0.0535. The average Bonchev–Trinajstić information content (AvgIpc) is 3.14. The zero-order chi connectivity index (χ0) is 25.7. The molecule has 1 aliphatic heterocycles. The van der Waals surface area contributed by atoms with Gasteiger partial charge in [0.25, 0.3) is 11.8 Å². The average molecular weight is 495 g/mol. The monoisotopic (exact) mass is 494 g/mol. The topological polar surface area (TPSA) is 57.1 Å². The summed E-state index contributed by atoms with van der Waals surface area (Å²) >= 11 is 0. The second kappa shape index (κ2) is 11.4. The predicted molar refractivity (Wildman–Crippen MR) is 142 cm³/mol. The summed E-state index contributed by atoms with van der Waals surface area (Å²) in [5.41, 5.74) is 4.16. The van der Waals surface area contributed by atoms with Crippen molar-refractivity contribution in [3.05, 3.63) is 64.2 Å². The summed E-state index contributed by atoms with van der Waals surface area (Å²) < 4.78 is 29.3. The van der Waals surface area contributed by atoms with E-state index < -0.39 is 5.92 Å². The van der Waals surface area contributed by atoms with Gasteiger partial charge in [-0.1, -0.05) is 31.9 Å². The molecule has 0 bridgehead atoms. The Balaban J connectivity index is 1.57. The summed E-state index contributed by atoms with van der Waals surface area (Å²) in [6.07, 6.45) is 7.79. The van der Waals surface area contributed by atoms with E-state index in [-0.39, 0.29) is 18.0 Å². The van der Waals surface area contributed by atoms with Gasteiger partial charge in [0.2, 0.25) is 0 Å². The number of alkyl halides is 2. The SMILES string of the molecule is C/C=N\N=C(/CCC)Cc1cccc(N2Cc3c(cc(CNCC4CCC4)cc3C(C)(F)F)C2=O)c1. The summed E-state index contributed by atoms with van der Waals surface area (Å²) in [7, 11) is 0. The van der Waals surface area contributed by atoms with E-state index in [1.165, 1.54) is 19.3 Å². The minimum atomic E-state index is -3.03. The number of rotatable bonds is 11. The van der Waals surface area contributed by atoms with Crippen LogP contribution in [0, 0.1) is 5.92 Å². The highest BCUT2D eigenvalue weighted by Gasteiger charge is 2.37. The Hall–Kier alpha value is -2.93. The van der Waals surface area contributed by atoms with Crippen molar-refractivity contribution in [2.45, 2.75) is 78.3 Å². The first-order valence-corrected chi connectivity index (χ1v) is 13.0. The van der Waals surface area contributed by atoms with Gasteiger partial charge in [-0.2, -0.15) is 10.2 Å². The molecule has 0 atom stereocenters. The molecule has 1 fully saturated rings. The molecule has 2 aromatic rings. The maximum absolute atomic E-state index is 14.7. The first kappa shape index (κ1) is 26.1. The predicted octanol–water partition coefficient (Wildman–Crippen LogP) is 6.64. The van der Waals surface area contributed by atoms with Crippen LogP contribution in [-0.2, 0) is 25.4 Å². The molecular formula is C29H36F2N4O. The molecule has 1 saturated carbocycles. The first-order valence-electron chi connectivity index (χ1n) is 13.0. The molecule has 0 radical (unpaired) electrons. The summed E-state index contributed by atoms with van der Waals surface area (Å²) in [4.78, 5) is 15.1. The Bertz CT molecular complexity index is 1150. The molecule has 1 N–H and O–H groups in total. The van der Waals surface area contributed by atoms with Crippen molar-refractivity contribution < 1.29 is 13.6 Å². The summed E-state index contributed by atoms with van der Waals surface area (Å²) in [5.74, 6) is -2.59. The Labute approximate surface area is 212 Å². The van der Waals surface area contributed by atoms with Crippen LogP contribution < -0.4 is 10.2 Å². The molecule has 2 aromatic carbocycles. The third kappa shape index (κ3) is 6.06. The van der Waals surface area contributed by atoms with Crippen LogP contribution in [0.2, 0.25) is 0 Å². The Morgan fingerprint density at radius 1 is 1.22 bits per heavy atom. The van der Waals surface area contributed by atoms with Gasteiger partial charge in [-0.15, -0.1) is 0 Å². The second-order valence-corrected chi connectivity index (χ2v) is 10.0. The second-order valence-electron chi connectivity index (χ2n) is 10.0. The molecule has 7 heteroatoms. The van der Waals surface area contributed by atoms with Crippen molar-refractivity contribution >= 4 is 23.5 Å². The number of hydrogen-bond donors (Lipinski definition) is 1. The lowest BCUT2D eigenvalue weighted by Gasteiger charge is -2.25. The van der Waals surface area contributed by atoms with Gasteiger partial charge >= 0.3 is 0 Å². The molecule has 4 rings (SSSR count). The largest absolute Gasteiger partial charge is 0.312 e. The molecule has 5 nitrogen and oxygen atoms in total. The van der Waals surface area contributed by atoms with E-state index in [0.29, 0.717) is 35.7 Å². The molecule has 1 amide bonds. The van der Waals surface area contributed by atoms with Crippen LogP contribution in [0.5, 0.6) is 0 Å². The molecule has 0 aromatic heterocycles. The number of nitrogens with zero attached hydrogens (tertiary/aromatic N) is 3. The fourth-order valence-electron chi connectivity index (χ4n) is 4.96. The molecule has 36 heavy (non-hydrogen) atoms. The summed E-state index contributed by atoms with van der Waals surface area (Å²) in [5, 5.41) is 11.7. The highest BCUT2D eigenvalue weighted by Crippen LogP contribution is 2.38. The third-order valence-corrected chi connectivity index (χ3v) is 7.04. The van der Waals surface area contributed by atoms with Gasteiger partial charge in [-0.3, -0.25) is 4.79 Å². The van der Waals surface area contributed by atoms with Crippen molar-refractivity contribution in [1.29, 1.82) is 0 Å². The smallest absolute Gasteiger partial charge is 0.270 e. The highest BCUT2D eigenvalue weighted by molar-refractivity contribution is 6.10. The number of carbonyl (C=O) groups excluding carboxylic acids is 1. The number of nitrogens with one attached hydrogen (secondary N) is 1. The number of amides is 1. The Morgan fingerprint density at radius 2 is 2.03 bits per heavy atom.